The van der Waals surface area contributed by atoms with Crippen LogP contribution in [0.3, 0.4) is 0 Å². The van der Waals surface area contributed by atoms with Crippen LogP contribution in [-0.4, -0.2) is 40.7 Å². The lowest BCUT2D eigenvalue weighted by atomic mass is 9.94. The molecular formula is C18H23N3O2. The highest BCUT2D eigenvalue weighted by molar-refractivity contribution is 5.79. The number of pyridine rings is 1. The Balaban J connectivity index is 1.79. The Bertz CT molecular complexity index is 724. The number of hydrogen-bond acceptors (Lipinski definition) is 4. The summed E-state index contributed by atoms with van der Waals surface area (Å²) in [6.45, 7) is 6.70. The fourth-order valence-corrected chi connectivity index (χ4v) is 2.97. The van der Waals surface area contributed by atoms with E-state index in [9.17, 15) is 4.79 Å². The minimum Gasteiger partial charge on any atom is -0.444 e. The Hall–Kier alpha value is -2.14. The number of benzene rings is 1. The molecule has 2 N–H and O–H groups in total. The van der Waals surface area contributed by atoms with E-state index in [0.717, 1.165) is 16.5 Å². The first-order valence-electron chi connectivity index (χ1n) is 7.92. The predicted octanol–water partition coefficient (Wildman–Crippen LogP) is 2.90. The molecule has 0 radical (unpaired) electrons. The van der Waals surface area contributed by atoms with Crippen LogP contribution in [0.25, 0.3) is 10.9 Å². The number of ether oxygens (including phenoxy) is 1. The molecule has 5 heteroatoms. The van der Waals surface area contributed by atoms with E-state index in [1.807, 2.05) is 32.9 Å². The number of carbonyl (C=O) groups excluding carboxylic acids is 1. The molecule has 1 fully saturated rings. The van der Waals surface area contributed by atoms with E-state index in [1.54, 1.807) is 11.1 Å². The number of fused-ring (bicyclic) bond motifs is 1. The number of nitrogens with two attached hydrogens (primary N) is 1. The van der Waals surface area contributed by atoms with E-state index in [4.69, 9.17) is 10.5 Å². The maximum atomic E-state index is 12.2. The summed E-state index contributed by atoms with van der Waals surface area (Å²) in [5, 5.41) is 1.10. The van der Waals surface area contributed by atoms with Crippen molar-refractivity contribution in [3.8, 4) is 0 Å². The lowest BCUT2D eigenvalue weighted by Gasteiger charge is -2.24. The zero-order chi connectivity index (χ0) is 16.6. The molecule has 0 saturated carbocycles. The summed E-state index contributed by atoms with van der Waals surface area (Å²) in [7, 11) is 0. The van der Waals surface area contributed by atoms with Crippen LogP contribution >= 0.6 is 0 Å². The molecular weight excluding hydrogens is 290 g/mol. The molecule has 1 amide bonds. The zero-order valence-corrected chi connectivity index (χ0v) is 13.8. The summed E-state index contributed by atoms with van der Waals surface area (Å²) in [5.74, 6) is 0.105. The molecule has 2 heterocycles. The van der Waals surface area contributed by atoms with Crippen molar-refractivity contribution in [3.63, 3.8) is 0 Å². The van der Waals surface area contributed by atoms with Crippen LogP contribution in [0, 0.1) is 0 Å². The van der Waals surface area contributed by atoms with Crippen LogP contribution in [-0.2, 0) is 4.74 Å². The van der Waals surface area contributed by atoms with E-state index in [-0.39, 0.29) is 18.1 Å². The second-order valence-corrected chi connectivity index (χ2v) is 7.11. The average Bonchev–Trinajstić information content (AvgIpc) is 2.87. The fraction of sp³-hybridized carbons (Fsp3) is 0.444. The van der Waals surface area contributed by atoms with Crippen molar-refractivity contribution in [1.29, 1.82) is 0 Å². The molecule has 0 spiro atoms. The van der Waals surface area contributed by atoms with Gasteiger partial charge in [-0.1, -0.05) is 18.2 Å². The van der Waals surface area contributed by atoms with Crippen molar-refractivity contribution < 1.29 is 9.53 Å². The molecule has 1 aromatic heterocycles. The van der Waals surface area contributed by atoms with Crippen molar-refractivity contribution in [1.82, 2.24) is 9.88 Å². The van der Waals surface area contributed by atoms with Crippen LogP contribution in [0.5, 0.6) is 0 Å². The highest BCUT2D eigenvalue weighted by Gasteiger charge is 2.36. The first-order chi connectivity index (χ1) is 10.8. The van der Waals surface area contributed by atoms with Crippen LogP contribution < -0.4 is 5.73 Å². The Morgan fingerprint density at radius 3 is 2.83 bits per heavy atom. The standard InChI is InChI=1S/C18H23N3O2/c1-18(2,3)23-17(22)21-10-14(15(19)11-21)13-7-6-12-5-4-8-20-16(12)9-13/h4-9,14-15H,10-11,19H2,1-3H3. The zero-order valence-electron chi connectivity index (χ0n) is 13.8. The van der Waals surface area contributed by atoms with Gasteiger partial charge in [-0.3, -0.25) is 4.98 Å². The third-order valence-corrected chi connectivity index (χ3v) is 4.07. The van der Waals surface area contributed by atoms with Gasteiger partial charge in [0.1, 0.15) is 5.60 Å². The number of hydrogen-bond donors (Lipinski definition) is 1. The highest BCUT2D eigenvalue weighted by Crippen LogP contribution is 2.29. The van der Waals surface area contributed by atoms with Crippen LogP contribution in [0.15, 0.2) is 36.5 Å². The lowest BCUT2D eigenvalue weighted by Crippen LogP contribution is -2.36. The fourth-order valence-electron chi connectivity index (χ4n) is 2.97. The van der Waals surface area contributed by atoms with Gasteiger partial charge < -0.3 is 15.4 Å². The van der Waals surface area contributed by atoms with Gasteiger partial charge in [-0.25, -0.2) is 4.79 Å². The predicted molar refractivity (Wildman–Crippen MR) is 90.3 cm³/mol. The van der Waals surface area contributed by atoms with Crippen molar-refractivity contribution in [3.05, 3.63) is 42.1 Å². The average molecular weight is 313 g/mol. The largest absolute Gasteiger partial charge is 0.444 e. The smallest absolute Gasteiger partial charge is 0.410 e. The van der Waals surface area contributed by atoms with Gasteiger partial charge in [0.25, 0.3) is 0 Å². The van der Waals surface area contributed by atoms with E-state index < -0.39 is 5.60 Å². The second-order valence-electron chi connectivity index (χ2n) is 7.11. The van der Waals surface area contributed by atoms with Crippen LogP contribution in [0.2, 0.25) is 0 Å². The Morgan fingerprint density at radius 2 is 2.09 bits per heavy atom. The normalized spacial score (nSPS) is 21.7. The lowest BCUT2D eigenvalue weighted by molar-refractivity contribution is 0.0290. The molecule has 1 aliphatic heterocycles. The monoisotopic (exact) mass is 313 g/mol. The summed E-state index contributed by atoms with van der Waals surface area (Å²) in [5.41, 5.74) is 7.86. The van der Waals surface area contributed by atoms with Gasteiger partial charge in [0.15, 0.2) is 0 Å². The minimum atomic E-state index is -0.494. The molecule has 2 unspecified atom stereocenters. The summed E-state index contributed by atoms with van der Waals surface area (Å²) >= 11 is 0. The number of likely N-dealkylation sites (tertiary alicyclic amines) is 1. The van der Waals surface area contributed by atoms with Crippen molar-refractivity contribution in [2.75, 3.05) is 13.1 Å². The van der Waals surface area contributed by atoms with Gasteiger partial charge in [0, 0.05) is 36.6 Å². The first kappa shape index (κ1) is 15.7. The molecule has 23 heavy (non-hydrogen) atoms. The first-order valence-corrected chi connectivity index (χ1v) is 7.92. The molecule has 3 rings (SSSR count). The van der Waals surface area contributed by atoms with Crippen LogP contribution in [0.1, 0.15) is 32.3 Å². The van der Waals surface area contributed by atoms with Crippen molar-refractivity contribution in [2.24, 2.45) is 5.73 Å². The Morgan fingerprint density at radius 1 is 1.30 bits per heavy atom. The Kier molecular flexibility index (Phi) is 3.98. The number of rotatable bonds is 1. The number of nitrogens with zero attached hydrogens (tertiary/aromatic N) is 2. The minimum absolute atomic E-state index is 0.0938. The Labute approximate surface area is 136 Å². The van der Waals surface area contributed by atoms with Crippen molar-refractivity contribution >= 4 is 17.0 Å². The summed E-state index contributed by atoms with van der Waals surface area (Å²) in [6.07, 6.45) is 1.49. The second kappa shape index (κ2) is 5.81. The van der Waals surface area contributed by atoms with Gasteiger partial charge in [-0.2, -0.15) is 0 Å². The molecule has 0 bridgehead atoms. The summed E-state index contributed by atoms with van der Waals surface area (Å²) < 4.78 is 5.44. The molecule has 2 atom stereocenters. The van der Waals surface area contributed by atoms with E-state index in [1.165, 1.54) is 0 Å². The van der Waals surface area contributed by atoms with Gasteiger partial charge in [0.05, 0.1) is 5.52 Å². The molecule has 122 valence electrons. The summed E-state index contributed by atoms with van der Waals surface area (Å²) in [6, 6.07) is 10.1. The SMILES string of the molecule is CC(C)(C)OC(=O)N1CC(N)C(c2ccc3cccnc3c2)C1. The maximum Gasteiger partial charge on any atom is 0.410 e. The van der Waals surface area contributed by atoms with Gasteiger partial charge >= 0.3 is 6.09 Å². The van der Waals surface area contributed by atoms with Gasteiger partial charge in [-0.15, -0.1) is 0 Å². The number of amides is 1. The summed E-state index contributed by atoms with van der Waals surface area (Å²) in [4.78, 5) is 18.3. The number of aromatic nitrogens is 1. The van der Waals surface area contributed by atoms with Gasteiger partial charge in [-0.05, 0) is 38.5 Å². The maximum absolute atomic E-state index is 12.2. The molecule has 0 aliphatic carbocycles. The third kappa shape index (κ3) is 3.45. The number of carbonyl (C=O) groups is 1. The van der Waals surface area contributed by atoms with Crippen molar-refractivity contribution in [2.45, 2.75) is 38.3 Å². The molecule has 5 nitrogen and oxygen atoms in total. The molecule has 1 saturated heterocycles. The van der Waals surface area contributed by atoms with Crippen LogP contribution in [0.4, 0.5) is 4.79 Å². The third-order valence-electron chi connectivity index (χ3n) is 4.07. The molecule has 1 aliphatic rings. The molecule has 1 aromatic carbocycles. The van der Waals surface area contributed by atoms with E-state index >= 15 is 0 Å². The quantitative estimate of drug-likeness (QED) is 0.879. The van der Waals surface area contributed by atoms with E-state index in [0.29, 0.717) is 13.1 Å². The molecule has 2 aromatic rings. The van der Waals surface area contributed by atoms with Gasteiger partial charge in [0.2, 0.25) is 0 Å². The topological polar surface area (TPSA) is 68.5 Å². The van der Waals surface area contributed by atoms with E-state index in [2.05, 4.69) is 23.2 Å². The highest BCUT2D eigenvalue weighted by atomic mass is 16.6.